The predicted molar refractivity (Wildman–Crippen MR) is 71.9 cm³/mol. The molecule has 0 aromatic heterocycles. The number of rotatable bonds is 5. The fourth-order valence-corrected chi connectivity index (χ4v) is 1.61. The minimum atomic E-state index is -0.897. The number of hydrogen-bond acceptors (Lipinski definition) is 3. The van der Waals surface area contributed by atoms with Crippen LogP contribution in [0.1, 0.15) is 38.9 Å². The van der Waals surface area contributed by atoms with Gasteiger partial charge in [-0.15, -0.1) is 0 Å². The Hall–Kier alpha value is -1.39. The molecule has 0 aliphatic carbocycles. The van der Waals surface area contributed by atoms with Crippen LogP contribution in [0.15, 0.2) is 30.3 Å². The van der Waals surface area contributed by atoms with Crippen molar-refractivity contribution in [1.29, 1.82) is 0 Å². The Morgan fingerprint density at radius 2 is 1.94 bits per heavy atom. The van der Waals surface area contributed by atoms with E-state index >= 15 is 0 Å². The highest BCUT2D eigenvalue weighted by Crippen LogP contribution is 2.17. The highest BCUT2D eigenvalue weighted by atomic mass is 16.3. The minimum Gasteiger partial charge on any atom is -0.388 e. The lowest BCUT2D eigenvalue weighted by Crippen LogP contribution is -2.51. The monoisotopic (exact) mass is 250 g/mol. The third-order valence-corrected chi connectivity index (χ3v) is 2.72. The SMILES string of the molecule is CC(CC(O)c1ccccc1)NC(=O)C(C)(C)N. The van der Waals surface area contributed by atoms with E-state index in [0.717, 1.165) is 5.56 Å². The van der Waals surface area contributed by atoms with E-state index in [1.807, 2.05) is 37.3 Å². The molecule has 1 rings (SSSR count). The summed E-state index contributed by atoms with van der Waals surface area (Å²) in [6, 6.07) is 9.27. The first kappa shape index (κ1) is 14.7. The molecule has 1 amide bonds. The van der Waals surface area contributed by atoms with Gasteiger partial charge in [0.15, 0.2) is 0 Å². The van der Waals surface area contributed by atoms with E-state index < -0.39 is 11.6 Å². The molecule has 0 radical (unpaired) electrons. The molecular formula is C14H22N2O2. The number of amides is 1. The summed E-state index contributed by atoms with van der Waals surface area (Å²) >= 11 is 0. The van der Waals surface area contributed by atoms with Crippen LogP contribution < -0.4 is 11.1 Å². The smallest absolute Gasteiger partial charge is 0.239 e. The molecule has 100 valence electrons. The molecule has 4 N–H and O–H groups in total. The summed E-state index contributed by atoms with van der Waals surface area (Å²) in [7, 11) is 0. The van der Waals surface area contributed by atoms with Crippen molar-refractivity contribution in [1.82, 2.24) is 5.32 Å². The van der Waals surface area contributed by atoms with Gasteiger partial charge in [-0.1, -0.05) is 30.3 Å². The van der Waals surface area contributed by atoms with Gasteiger partial charge in [0.05, 0.1) is 11.6 Å². The van der Waals surface area contributed by atoms with Crippen LogP contribution in [0.4, 0.5) is 0 Å². The Balaban J connectivity index is 2.51. The lowest BCUT2D eigenvalue weighted by atomic mass is 10.0. The average molecular weight is 250 g/mol. The van der Waals surface area contributed by atoms with Crippen molar-refractivity contribution in [2.45, 2.75) is 44.9 Å². The molecule has 0 saturated carbocycles. The zero-order valence-electron chi connectivity index (χ0n) is 11.2. The fourth-order valence-electron chi connectivity index (χ4n) is 1.61. The Morgan fingerprint density at radius 1 is 1.39 bits per heavy atom. The Labute approximate surface area is 108 Å². The van der Waals surface area contributed by atoms with Crippen LogP contribution in [-0.4, -0.2) is 22.6 Å². The lowest BCUT2D eigenvalue weighted by Gasteiger charge is -2.23. The van der Waals surface area contributed by atoms with E-state index in [2.05, 4.69) is 5.32 Å². The molecule has 1 aromatic carbocycles. The normalized spacial score (nSPS) is 14.9. The maximum Gasteiger partial charge on any atom is 0.239 e. The van der Waals surface area contributed by atoms with Crippen molar-refractivity contribution in [2.24, 2.45) is 5.73 Å². The summed E-state index contributed by atoms with van der Waals surface area (Å²) in [5.74, 6) is -0.213. The van der Waals surface area contributed by atoms with Crippen molar-refractivity contribution >= 4 is 5.91 Å². The zero-order valence-corrected chi connectivity index (χ0v) is 11.2. The van der Waals surface area contributed by atoms with E-state index in [9.17, 15) is 9.90 Å². The first-order valence-corrected chi connectivity index (χ1v) is 6.13. The molecule has 2 atom stereocenters. The summed E-state index contributed by atoms with van der Waals surface area (Å²) in [6.07, 6.45) is -0.117. The molecule has 0 saturated heterocycles. The summed E-state index contributed by atoms with van der Waals surface area (Å²) in [6.45, 7) is 5.17. The highest BCUT2D eigenvalue weighted by molar-refractivity contribution is 5.85. The third kappa shape index (κ3) is 4.47. The van der Waals surface area contributed by atoms with Crippen molar-refractivity contribution in [3.63, 3.8) is 0 Å². The first-order valence-electron chi connectivity index (χ1n) is 6.13. The van der Waals surface area contributed by atoms with Gasteiger partial charge in [-0.2, -0.15) is 0 Å². The van der Waals surface area contributed by atoms with Crippen LogP contribution in [0, 0.1) is 0 Å². The van der Waals surface area contributed by atoms with Gasteiger partial charge in [0.2, 0.25) is 5.91 Å². The van der Waals surface area contributed by atoms with E-state index in [0.29, 0.717) is 6.42 Å². The second-order valence-corrected chi connectivity index (χ2v) is 5.26. The topological polar surface area (TPSA) is 75.3 Å². The molecule has 2 unspecified atom stereocenters. The molecule has 0 heterocycles. The highest BCUT2D eigenvalue weighted by Gasteiger charge is 2.24. The fraction of sp³-hybridized carbons (Fsp3) is 0.500. The van der Waals surface area contributed by atoms with Gasteiger partial charge >= 0.3 is 0 Å². The van der Waals surface area contributed by atoms with Crippen molar-refractivity contribution in [2.75, 3.05) is 0 Å². The molecule has 18 heavy (non-hydrogen) atoms. The van der Waals surface area contributed by atoms with Gasteiger partial charge < -0.3 is 16.2 Å². The second-order valence-electron chi connectivity index (χ2n) is 5.26. The number of carbonyl (C=O) groups excluding carboxylic acids is 1. The zero-order chi connectivity index (χ0) is 13.8. The summed E-state index contributed by atoms with van der Waals surface area (Å²) in [5, 5.41) is 12.8. The van der Waals surface area contributed by atoms with Gasteiger partial charge in [-0.25, -0.2) is 0 Å². The lowest BCUT2D eigenvalue weighted by molar-refractivity contribution is -0.126. The number of aliphatic hydroxyl groups is 1. The van der Waals surface area contributed by atoms with E-state index in [4.69, 9.17) is 5.73 Å². The Morgan fingerprint density at radius 3 is 2.44 bits per heavy atom. The van der Waals surface area contributed by atoms with Crippen LogP contribution in [0.5, 0.6) is 0 Å². The summed E-state index contributed by atoms with van der Waals surface area (Å²) < 4.78 is 0. The summed E-state index contributed by atoms with van der Waals surface area (Å²) in [5.41, 5.74) is 5.65. The number of nitrogens with one attached hydrogen (secondary N) is 1. The number of hydrogen-bond donors (Lipinski definition) is 3. The van der Waals surface area contributed by atoms with Crippen LogP contribution in [0.25, 0.3) is 0 Å². The third-order valence-electron chi connectivity index (χ3n) is 2.72. The summed E-state index contributed by atoms with van der Waals surface area (Å²) in [4.78, 5) is 11.7. The van der Waals surface area contributed by atoms with Crippen LogP contribution in [-0.2, 0) is 4.79 Å². The predicted octanol–water partition coefficient (Wildman–Crippen LogP) is 1.35. The van der Waals surface area contributed by atoms with E-state index in [1.54, 1.807) is 13.8 Å². The van der Waals surface area contributed by atoms with Gasteiger partial charge in [-0.05, 0) is 32.8 Å². The Kier molecular flexibility index (Phi) is 4.87. The second kappa shape index (κ2) is 5.98. The molecule has 4 heteroatoms. The van der Waals surface area contributed by atoms with Crippen LogP contribution in [0.2, 0.25) is 0 Å². The van der Waals surface area contributed by atoms with Crippen molar-refractivity contribution in [3.8, 4) is 0 Å². The molecular weight excluding hydrogens is 228 g/mol. The molecule has 1 aromatic rings. The maximum atomic E-state index is 11.7. The van der Waals surface area contributed by atoms with Gasteiger partial charge in [0.1, 0.15) is 0 Å². The molecule has 0 bridgehead atoms. The maximum absolute atomic E-state index is 11.7. The Bertz CT molecular complexity index is 385. The molecule has 0 fully saturated rings. The van der Waals surface area contributed by atoms with Crippen LogP contribution >= 0.6 is 0 Å². The standard InChI is InChI=1S/C14H22N2O2/c1-10(16-13(18)14(2,3)15)9-12(17)11-7-5-4-6-8-11/h4-8,10,12,17H,9,15H2,1-3H3,(H,16,18). The number of benzene rings is 1. The quantitative estimate of drug-likeness (QED) is 0.738. The number of aliphatic hydroxyl groups excluding tert-OH is 1. The number of nitrogens with two attached hydrogens (primary N) is 1. The largest absolute Gasteiger partial charge is 0.388 e. The van der Waals surface area contributed by atoms with Crippen molar-refractivity contribution in [3.05, 3.63) is 35.9 Å². The van der Waals surface area contributed by atoms with Gasteiger partial charge in [0.25, 0.3) is 0 Å². The average Bonchev–Trinajstić information content (AvgIpc) is 2.28. The molecule has 0 aliphatic heterocycles. The van der Waals surface area contributed by atoms with Gasteiger partial charge in [0, 0.05) is 6.04 Å². The van der Waals surface area contributed by atoms with E-state index in [1.165, 1.54) is 0 Å². The molecule has 0 aliphatic rings. The van der Waals surface area contributed by atoms with Crippen molar-refractivity contribution < 1.29 is 9.90 Å². The van der Waals surface area contributed by atoms with Crippen LogP contribution in [0.3, 0.4) is 0 Å². The number of carbonyl (C=O) groups is 1. The van der Waals surface area contributed by atoms with Gasteiger partial charge in [-0.3, -0.25) is 4.79 Å². The molecule has 0 spiro atoms. The molecule has 4 nitrogen and oxygen atoms in total. The first-order chi connectivity index (χ1) is 8.30. The van der Waals surface area contributed by atoms with E-state index in [-0.39, 0.29) is 11.9 Å². The minimum absolute atomic E-state index is 0.129.